The van der Waals surface area contributed by atoms with Gasteiger partial charge in [0, 0.05) is 5.69 Å². The third-order valence-corrected chi connectivity index (χ3v) is 1.64. The Labute approximate surface area is 85.6 Å². The van der Waals surface area contributed by atoms with Crippen LogP contribution in [0.15, 0.2) is 12.1 Å². The number of benzene rings is 1. The highest BCUT2D eigenvalue weighted by Crippen LogP contribution is 2.39. The van der Waals surface area contributed by atoms with Gasteiger partial charge in [-0.15, -0.1) is 0 Å². The number of halogens is 6. The molecule has 0 saturated carbocycles. The molecular weight excluding hydrogens is 240 g/mol. The molecule has 0 unspecified atom stereocenters. The van der Waals surface area contributed by atoms with Crippen LogP contribution in [-0.4, -0.2) is 6.61 Å². The van der Waals surface area contributed by atoms with Crippen LogP contribution in [0.5, 0.6) is 5.75 Å². The minimum absolute atomic E-state index is 0.603. The fraction of sp³-hybridized carbons (Fsp3) is 0.250. The van der Waals surface area contributed by atoms with Gasteiger partial charge in [0.25, 0.3) is 0 Å². The second-order valence-electron chi connectivity index (χ2n) is 2.72. The number of nitrogens with two attached hydrogens (primary N) is 1. The summed E-state index contributed by atoms with van der Waals surface area (Å²) in [6.07, 6.45) is -5.07. The van der Waals surface area contributed by atoms with Crippen LogP contribution in [0, 0.1) is 5.82 Å². The Kier molecular flexibility index (Phi) is 3.20. The third-order valence-electron chi connectivity index (χ3n) is 1.64. The first-order valence-corrected chi connectivity index (χ1v) is 3.83. The van der Waals surface area contributed by atoms with E-state index >= 15 is 0 Å². The molecule has 0 bridgehead atoms. The number of nitrogen functional groups attached to an aromatic ring is 1. The minimum Gasteiger partial charge on any atom is -0.432 e. The zero-order valence-electron chi connectivity index (χ0n) is 7.49. The summed E-state index contributed by atoms with van der Waals surface area (Å²) in [6, 6.07) is 1.25. The first kappa shape index (κ1) is 12.5. The Morgan fingerprint density at radius 3 is 2.19 bits per heavy atom. The lowest BCUT2D eigenvalue weighted by Crippen LogP contribution is -2.14. The van der Waals surface area contributed by atoms with Crippen molar-refractivity contribution in [3.8, 4) is 5.75 Å². The van der Waals surface area contributed by atoms with Crippen molar-refractivity contribution in [1.29, 1.82) is 0 Å². The molecule has 0 fully saturated rings. The molecule has 2 N–H and O–H groups in total. The van der Waals surface area contributed by atoms with Crippen molar-refractivity contribution < 1.29 is 31.1 Å². The van der Waals surface area contributed by atoms with Crippen LogP contribution in [0.2, 0.25) is 0 Å². The van der Waals surface area contributed by atoms with Crippen LogP contribution in [-0.2, 0) is 6.18 Å². The van der Waals surface area contributed by atoms with E-state index in [1.807, 2.05) is 0 Å². The average Bonchev–Trinajstić information content (AvgIpc) is 2.07. The zero-order valence-corrected chi connectivity index (χ0v) is 7.49. The molecule has 0 radical (unpaired) electrons. The molecule has 0 aliphatic rings. The van der Waals surface area contributed by atoms with Gasteiger partial charge < -0.3 is 10.5 Å². The molecule has 16 heavy (non-hydrogen) atoms. The van der Waals surface area contributed by atoms with Gasteiger partial charge in [0.15, 0.2) is 11.6 Å². The predicted octanol–water partition coefficient (Wildman–Crippen LogP) is 3.03. The Morgan fingerprint density at radius 2 is 1.75 bits per heavy atom. The summed E-state index contributed by atoms with van der Waals surface area (Å²) in [5, 5.41) is 0. The van der Waals surface area contributed by atoms with Crippen molar-refractivity contribution in [3.05, 3.63) is 23.5 Å². The zero-order chi connectivity index (χ0) is 12.5. The van der Waals surface area contributed by atoms with Crippen molar-refractivity contribution in [2.75, 3.05) is 5.73 Å². The second-order valence-corrected chi connectivity index (χ2v) is 2.72. The SMILES string of the molecule is Nc1ccc(OC(F)F)c(F)c1C(F)(F)F. The molecule has 1 rings (SSSR count). The maximum atomic E-state index is 13.1. The summed E-state index contributed by atoms with van der Waals surface area (Å²) in [4.78, 5) is 0. The van der Waals surface area contributed by atoms with Gasteiger partial charge in [-0.25, -0.2) is 4.39 Å². The topological polar surface area (TPSA) is 35.2 Å². The normalized spacial score (nSPS) is 11.9. The van der Waals surface area contributed by atoms with Gasteiger partial charge in [0.05, 0.1) is 0 Å². The van der Waals surface area contributed by atoms with Gasteiger partial charge in [-0.3, -0.25) is 0 Å². The van der Waals surface area contributed by atoms with E-state index in [4.69, 9.17) is 5.73 Å². The summed E-state index contributed by atoms with van der Waals surface area (Å²) in [5.74, 6) is -3.15. The lowest BCUT2D eigenvalue weighted by atomic mass is 10.1. The molecule has 0 amide bonds. The van der Waals surface area contributed by atoms with E-state index in [9.17, 15) is 26.3 Å². The first-order chi connectivity index (χ1) is 7.23. The van der Waals surface area contributed by atoms with Crippen molar-refractivity contribution in [1.82, 2.24) is 0 Å². The van der Waals surface area contributed by atoms with E-state index in [0.717, 1.165) is 0 Å². The van der Waals surface area contributed by atoms with E-state index in [2.05, 4.69) is 4.74 Å². The van der Waals surface area contributed by atoms with E-state index in [1.165, 1.54) is 0 Å². The Balaban J connectivity index is 3.28. The Bertz CT molecular complexity index is 389. The van der Waals surface area contributed by atoms with Crippen LogP contribution in [0.25, 0.3) is 0 Å². The molecule has 2 nitrogen and oxygen atoms in total. The number of alkyl halides is 5. The van der Waals surface area contributed by atoms with Gasteiger partial charge >= 0.3 is 12.8 Å². The summed E-state index contributed by atoms with van der Waals surface area (Å²) in [6.45, 7) is -3.42. The van der Waals surface area contributed by atoms with Crippen LogP contribution >= 0.6 is 0 Å². The molecule has 0 atom stereocenters. The molecule has 1 aromatic rings. The number of hydrogen-bond acceptors (Lipinski definition) is 2. The maximum absolute atomic E-state index is 13.1. The molecule has 0 spiro atoms. The molecule has 90 valence electrons. The van der Waals surface area contributed by atoms with Crippen LogP contribution in [0.4, 0.5) is 32.0 Å². The lowest BCUT2D eigenvalue weighted by Gasteiger charge is -2.13. The summed E-state index contributed by atoms with van der Waals surface area (Å²) < 4.78 is 77.0. The highest BCUT2D eigenvalue weighted by molar-refractivity contribution is 5.53. The largest absolute Gasteiger partial charge is 0.432 e. The van der Waals surface area contributed by atoms with E-state index in [0.29, 0.717) is 12.1 Å². The molecule has 0 saturated heterocycles. The van der Waals surface area contributed by atoms with Gasteiger partial charge in [0.2, 0.25) is 0 Å². The molecule has 0 aliphatic carbocycles. The van der Waals surface area contributed by atoms with E-state index < -0.39 is 35.6 Å². The van der Waals surface area contributed by atoms with Gasteiger partial charge in [-0.2, -0.15) is 22.0 Å². The Hall–Kier alpha value is -1.60. The molecule has 0 aliphatic heterocycles. The molecule has 1 aromatic carbocycles. The predicted molar refractivity (Wildman–Crippen MR) is 42.4 cm³/mol. The maximum Gasteiger partial charge on any atom is 0.421 e. The third kappa shape index (κ3) is 2.50. The van der Waals surface area contributed by atoms with E-state index in [-0.39, 0.29) is 0 Å². The highest BCUT2D eigenvalue weighted by atomic mass is 19.4. The van der Waals surface area contributed by atoms with Crippen molar-refractivity contribution in [2.24, 2.45) is 0 Å². The fourth-order valence-electron chi connectivity index (χ4n) is 1.05. The number of anilines is 1. The van der Waals surface area contributed by atoms with Gasteiger partial charge in [-0.1, -0.05) is 0 Å². The fourth-order valence-corrected chi connectivity index (χ4v) is 1.05. The van der Waals surface area contributed by atoms with Gasteiger partial charge in [0.1, 0.15) is 5.56 Å². The van der Waals surface area contributed by atoms with Crippen LogP contribution in [0.3, 0.4) is 0 Å². The summed E-state index contributed by atoms with van der Waals surface area (Å²) >= 11 is 0. The second kappa shape index (κ2) is 4.11. The highest BCUT2D eigenvalue weighted by Gasteiger charge is 2.38. The monoisotopic (exact) mass is 245 g/mol. The molecule has 0 heterocycles. The van der Waals surface area contributed by atoms with Crippen molar-refractivity contribution in [2.45, 2.75) is 12.8 Å². The number of ether oxygens (including phenoxy) is 1. The van der Waals surface area contributed by atoms with Crippen LogP contribution in [0.1, 0.15) is 5.56 Å². The van der Waals surface area contributed by atoms with Crippen LogP contribution < -0.4 is 10.5 Å². The quantitative estimate of drug-likeness (QED) is 0.642. The summed E-state index contributed by atoms with van der Waals surface area (Å²) in [7, 11) is 0. The van der Waals surface area contributed by atoms with Crippen molar-refractivity contribution in [3.63, 3.8) is 0 Å². The standard InChI is InChI=1S/C8H5F6NO/c9-6-4(16-7(10)11)2-1-3(15)5(6)8(12,13)14/h1-2,7H,15H2. The van der Waals surface area contributed by atoms with E-state index in [1.54, 1.807) is 0 Å². The number of hydrogen-bond donors (Lipinski definition) is 1. The molecule has 8 heteroatoms. The number of rotatable bonds is 2. The summed E-state index contributed by atoms with van der Waals surface area (Å²) in [5.41, 5.74) is 2.19. The minimum atomic E-state index is -5.07. The smallest absolute Gasteiger partial charge is 0.421 e. The molecular formula is C8H5F6NO. The van der Waals surface area contributed by atoms with Crippen molar-refractivity contribution >= 4 is 5.69 Å². The van der Waals surface area contributed by atoms with Gasteiger partial charge in [-0.05, 0) is 12.1 Å². The molecule has 0 aromatic heterocycles. The Morgan fingerprint density at radius 1 is 1.19 bits per heavy atom. The lowest BCUT2D eigenvalue weighted by molar-refractivity contribution is -0.140. The average molecular weight is 245 g/mol. The first-order valence-electron chi connectivity index (χ1n) is 3.83.